The van der Waals surface area contributed by atoms with E-state index < -0.39 is 0 Å². The van der Waals surface area contributed by atoms with Gasteiger partial charge in [-0.25, -0.2) is 0 Å². The van der Waals surface area contributed by atoms with Gasteiger partial charge in [0.1, 0.15) is 6.10 Å². The van der Waals surface area contributed by atoms with Gasteiger partial charge in [0.05, 0.1) is 0 Å². The Labute approximate surface area is 91.1 Å². The van der Waals surface area contributed by atoms with Gasteiger partial charge in [-0.15, -0.1) is 0 Å². The lowest BCUT2D eigenvalue weighted by molar-refractivity contribution is 0.126. The molecule has 0 fully saturated rings. The van der Waals surface area contributed by atoms with Crippen LogP contribution >= 0.6 is 0 Å². The van der Waals surface area contributed by atoms with Gasteiger partial charge in [0.15, 0.2) is 0 Å². The van der Waals surface area contributed by atoms with E-state index in [1.54, 1.807) is 7.11 Å². The first-order valence-corrected chi connectivity index (χ1v) is 5.29. The number of methoxy groups -OCH3 is 1. The van der Waals surface area contributed by atoms with E-state index in [2.05, 4.69) is 36.9 Å². The second-order valence-electron chi connectivity index (χ2n) is 3.80. The van der Waals surface area contributed by atoms with Crippen molar-refractivity contribution < 1.29 is 4.74 Å². The highest BCUT2D eigenvalue weighted by Crippen LogP contribution is 2.34. The summed E-state index contributed by atoms with van der Waals surface area (Å²) in [6.45, 7) is 3.75. The predicted octanol–water partition coefficient (Wildman–Crippen LogP) is 3.74. The molecule has 2 rings (SSSR count). The van der Waals surface area contributed by atoms with Crippen LogP contribution in [0, 0.1) is 0 Å². The van der Waals surface area contributed by atoms with Gasteiger partial charge in [-0.1, -0.05) is 43.0 Å². The van der Waals surface area contributed by atoms with Crippen LogP contribution in [0.25, 0.3) is 6.08 Å². The third-order valence-corrected chi connectivity index (χ3v) is 2.89. The van der Waals surface area contributed by atoms with Gasteiger partial charge < -0.3 is 4.74 Å². The first-order chi connectivity index (χ1) is 7.35. The lowest BCUT2D eigenvalue weighted by atomic mass is 9.89. The summed E-state index contributed by atoms with van der Waals surface area (Å²) in [6.07, 6.45) is 6.63. The maximum absolute atomic E-state index is 5.52. The molecule has 0 bridgehead atoms. The topological polar surface area (TPSA) is 9.23 Å². The summed E-state index contributed by atoms with van der Waals surface area (Å²) in [7, 11) is 1.77. The van der Waals surface area contributed by atoms with Crippen LogP contribution in [-0.4, -0.2) is 7.11 Å². The molecular formula is C14H16O. The Hall–Kier alpha value is -1.34. The zero-order chi connectivity index (χ0) is 10.7. The Balaban J connectivity index is 2.22. The van der Waals surface area contributed by atoms with E-state index >= 15 is 0 Å². The molecular weight excluding hydrogens is 184 g/mol. The largest absolute Gasteiger partial charge is 0.372 e. The standard InChI is InChI=1S/C14H16O/c1-3-11-7-9-13(10-8-11)14(15-2)12-5-4-6-12/h3,5,7-10,14H,1,4,6H2,2H3. The number of rotatable bonds is 4. The fourth-order valence-electron chi connectivity index (χ4n) is 1.86. The summed E-state index contributed by atoms with van der Waals surface area (Å²) in [6, 6.07) is 8.38. The average molecular weight is 200 g/mol. The maximum Gasteiger partial charge on any atom is 0.103 e. The van der Waals surface area contributed by atoms with Gasteiger partial charge in [0.2, 0.25) is 0 Å². The molecule has 0 N–H and O–H groups in total. The molecule has 1 aliphatic carbocycles. The average Bonchev–Trinajstić information content (AvgIpc) is 2.23. The number of hydrogen-bond acceptors (Lipinski definition) is 1. The minimum absolute atomic E-state index is 0.151. The van der Waals surface area contributed by atoms with Crippen molar-refractivity contribution in [2.75, 3.05) is 7.11 Å². The zero-order valence-electron chi connectivity index (χ0n) is 9.07. The molecule has 1 aliphatic rings. The second-order valence-corrected chi connectivity index (χ2v) is 3.80. The van der Waals surface area contributed by atoms with Crippen molar-refractivity contribution in [1.82, 2.24) is 0 Å². The summed E-state index contributed by atoms with van der Waals surface area (Å²) in [5.41, 5.74) is 3.79. The minimum Gasteiger partial charge on any atom is -0.372 e. The van der Waals surface area contributed by atoms with E-state index in [0.29, 0.717) is 0 Å². The molecule has 1 atom stereocenters. The van der Waals surface area contributed by atoms with Gasteiger partial charge in [-0.2, -0.15) is 0 Å². The van der Waals surface area contributed by atoms with E-state index in [4.69, 9.17) is 4.74 Å². The third-order valence-electron chi connectivity index (χ3n) is 2.89. The first-order valence-electron chi connectivity index (χ1n) is 5.29. The third kappa shape index (κ3) is 2.02. The molecule has 0 amide bonds. The highest BCUT2D eigenvalue weighted by atomic mass is 16.5. The summed E-state index contributed by atoms with van der Waals surface area (Å²) < 4.78 is 5.52. The van der Waals surface area contributed by atoms with Crippen LogP contribution in [0.5, 0.6) is 0 Å². The summed E-state index contributed by atoms with van der Waals surface area (Å²) in [4.78, 5) is 0. The highest BCUT2D eigenvalue weighted by molar-refractivity contribution is 5.48. The molecule has 1 nitrogen and oxygen atoms in total. The molecule has 0 spiro atoms. The van der Waals surface area contributed by atoms with Crippen LogP contribution in [-0.2, 0) is 4.74 Å². The summed E-state index contributed by atoms with van der Waals surface area (Å²) in [5, 5.41) is 0. The van der Waals surface area contributed by atoms with Crippen molar-refractivity contribution in [1.29, 1.82) is 0 Å². The number of allylic oxidation sites excluding steroid dienone is 1. The van der Waals surface area contributed by atoms with E-state index in [0.717, 1.165) is 5.56 Å². The molecule has 1 unspecified atom stereocenters. The Bertz CT molecular complexity index is 373. The Kier molecular flexibility index (Phi) is 3.02. The minimum atomic E-state index is 0.151. The second kappa shape index (κ2) is 4.45. The van der Waals surface area contributed by atoms with Crippen LogP contribution in [0.4, 0.5) is 0 Å². The zero-order valence-corrected chi connectivity index (χ0v) is 9.07. The molecule has 78 valence electrons. The number of ether oxygens (including phenoxy) is 1. The quantitative estimate of drug-likeness (QED) is 0.673. The molecule has 0 saturated carbocycles. The van der Waals surface area contributed by atoms with Crippen molar-refractivity contribution >= 4 is 6.08 Å². The highest BCUT2D eigenvalue weighted by Gasteiger charge is 2.19. The van der Waals surface area contributed by atoms with Gasteiger partial charge in [0.25, 0.3) is 0 Å². The fraction of sp³-hybridized carbons (Fsp3) is 0.286. The van der Waals surface area contributed by atoms with E-state index in [1.807, 2.05) is 6.08 Å². The lowest BCUT2D eigenvalue weighted by Gasteiger charge is -2.24. The molecule has 0 saturated heterocycles. The number of benzene rings is 1. The van der Waals surface area contributed by atoms with Gasteiger partial charge in [-0.3, -0.25) is 0 Å². The van der Waals surface area contributed by atoms with Gasteiger partial charge >= 0.3 is 0 Å². The molecule has 0 heterocycles. The van der Waals surface area contributed by atoms with Crippen LogP contribution in [0.3, 0.4) is 0 Å². The SMILES string of the molecule is C=Cc1ccc(C(OC)C2=CCC2)cc1. The van der Waals surface area contributed by atoms with Gasteiger partial charge in [-0.05, 0) is 29.5 Å². The van der Waals surface area contributed by atoms with Crippen LogP contribution in [0.15, 0.2) is 42.5 Å². The number of hydrogen-bond donors (Lipinski definition) is 0. The van der Waals surface area contributed by atoms with Crippen molar-refractivity contribution in [2.45, 2.75) is 18.9 Å². The summed E-state index contributed by atoms with van der Waals surface area (Å²) in [5.74, 6) is 0. The van der Waals surface area contributed by atoms with Crippen molar-refractivity contribution in [2.24, 2.45) is 0 Å². The Morgan fingerprint density at radius 2 is 2.00 bits per heavy atom. The molecule has 0 aliphatic heterocycles. The van der Waals surface area contributed by atoms with E-state index in [9.17, 15) is 0 Å². The molecule has 0 radical (unpaired) electrons. The molecule has 15 heavy (non-hydrogen) atoms. The maximum atomic E-state index is 5.52. The van der Waals surface area contributed by atoms with E-state index in [-0.39, 0.29) is 6.10 Å². The first kappa shape index (κ1) is 10.2. The fourth-order valence-corrected chi connectivity index (χ4v) is 1.86. The van der Waals surface area contributed by atoms with Crippen molar-refractivity contribution in [3.05, 3.63) is 53.6 Å². The molecule has 1 heteroatoms. The smallest absolute Gasteiger partial charge is 0.103 e. The Morgan fingerprint density at radius 1 is 1.33 bits per heavy atom. The van der Waals surface area contributed by atoms with Crippen LogP contribution < -0.4 is 0 Å². The Morgan fingerprint density at radius 3 is 2.40 bits per heavy atom. The molecule has 0 aromatic heterocycles. The van der Waals surface area contributed by atoms with Crippen LogP contribution in [0.2, 0.25) is 0 Å². The van der Waals surface area contributed by atoms with Crippen molar-refractivity contribution in [3.8, 4) is 0 Å². The van der Waals surface area contributed by atoms with Gasteiger partial charge in [0, 0.05) is 7.11 Å². The molecule has 1 aromatic rings. The van der Waals surface area contributed by atoms with Crippen LogP contribution in [0.1, 0.15) is 30.1 Å². The predicted molar refractivity (Wildman–Crippen MR) is 63.6 cm³/mol. The summed E-state index contributed by atoms with van der Waals surface area (Å²) >= 11 is 0. The normalized spacial score (nSPS) is 16.5. The molecule has 1 aromatic carbocycles. The van der Waals surface area contributed by atoms with E-state index in [1.165, 1.54) is 24.0 Å². The lowest BCUT2D eigenvalue weighted by Crippen LogP contribution is -2.09. The van der Waals surface area contributed by atoms with Crippen molar-refractivity contribution in [3.63, 3.8) is 0 Å². The monoisotopic (exact) mass is 200 g/mol.